The first kappa shape index (κ1) is 20.5. The second-order valence-corrected chi connectivity index (χ2v) is 10.0. The van der Waals surface area contributed by atoms with Crippen LogP contribution in [0.25, 0.3) is 0 Å². The number of rotatable bonds is 5. The van der Waals surface area contributed by atoms with Gasteiger partial charge in [0.1, 0.15) is 11.9 Å². The Kier molecular flexibility index (Phi) is 4.79. The third-order valence-corrected chi connectivity index (χ3v) is 7.73. The van der Waals surface area contributed by atoms with E-state index >= 15 is 0 Å². The van der Waals surface area contributed by atoms with Gasteiger partial charge < -0.3 is 14.7 Å². The molecular formula is C26H29N5O2. The Morgan fingerprint density at radius 1 is 1.15 bits per heavy atom. The van der Waals surface area contributed by atoms with Crippen LogP contribution in [0.5, 0.6) is 0 Å². The summed E-state index contributed by atoms with van der Waals surface area (Å²) in [6.45, 7) is 6.75. The number of hydrogen-bond donors (Lipinski definition) is 0. The molecule has 1 atom stereocenters. The minimum atomic E-state index is -0.0937. The fourth-order valence-corrected chi connectivity index (χ4v) is 5.46. The summed E-state index contributed by atoms with van der Waals surface area (Å²) in [6.07, 6.45) is 9.58. The second-order valence-electron chi connectivity index (χ2n) is 10.0. The summed E-state index contributed by atoms with van der Waals surface area (Å²) >= 11 is 0. The molecule has 1 aromatic rings. The van der Waals surface area contributed by atoms with Crippen LogP contribution in [0.3, 0.4) is 0 Å². The smallest absolute Gasteiger partial charge is 0.246 e. The van der Waals surface area contributed by atoms with Crippen LogP contribution in [-0.2, 0) is 22.6 Å². The standard InChI is InChI=1S/C26H29N5O2/c1-2-23(32)29-10-9-19-21(14-29)20(13-27)25(28-24(19)17-5-6-17)30-11-12-31(26(33)18-7-8-18)22(15-30)16-3-4-16/h2-3,17-18,22H,1,4-12,14-15H2/t22-/m0/s1. The summed E-state index contributed by atoms with van der Waals surface area (Å²) in [4.78, 5) is 36.4. The highest BCUT2D eigenvalue weighted by Crippen LogP contribution is 2.45. The number of pyridine rings is 1. The molecule has 0 radical (unpaired) electrons. The summed E-state index contributed by atoms with van der Waals surface area (Å²) in [5.74, 6) is 1.62. The Labute approximate surface area is 194 Å². The Hall–Kier alpha value is -3.14. The SMILES string of the molecule is C=CC(=O)N1CCc2c(C3CC3)nc(N3CCN(C(=O)C4CC4)[C@H](C4=CC4)C3)c(C#N)c2C1. The molecule has 6 rings (SSSR count). The van der Waals surface area contributed by atoms with Gasteiger partial charge in [0.2, 0.25) is 11.8 Å². The van der Waals surface area contributed by atoms with E-state index in [0.29, 0.717) is 50.1 Å². The van der Waals surface area contributed by atoms with Crippen LogP contribution < -0.4 is 4.90 Å². The fourth-order valence-electron chi connectivity index (χ4n) is 5.46. The van der Waals surface area contributed by atoms with Gasteiger partial charge in [0, 0.05) is 50.3 Å². The maximum Gasteiger partial charge on any atom is 0.246 e. The first-order valence-electron chi connectivity index (χ1n) is 12.2. The molecule has 0 N–H and O–H groups in total. The number of fused-ring (bicyclic) bond motifs is 1. The molecule has 0 aromatic carbocycles. The van der Waals surface area contributed by atoms with Crippen molar-refractivity contribution < 1.29 is 9.59 Å². The fraction of sp³-hybridized carbons (Fsp3) is 0.538. The first-order chi connectivity index (χ1) is 16.1. The third-order valence-electron chi connectivity index (χ3n) is 7.73. The number of hydrogen-bond acceptors (Lipinski definition) is 5. The quantitative estimate of drug-likeness (QED) is 0.516. The summed E-state index contributed by atoms with van der Waals surface area (Å²) < 4.78 is 0. The van der Waals surface area contributed by atoms with Crippen molar-refractivity contribution in [2.24, 2.45) is 5.92 Å². The molecule has 1 aromatic heterocycles. The van der Waals surface area contributed by atoms with Gasteiger partial charge in [-0.05, 0) is 61.3 Å². The van der Waals surface area contributed by atoms with Crippen LogP contribution in [0.1, 0.15) is 60.4 Å². The van der Waals surface area contributed by atoms with Crippen molar-refractivity contribution >= 4 is 17.6 Å². The van der Waals surface area contributed by atoms with E-state index in [4.69, 9.17) is 4.98 Å². The average molecular weight is 444 g/mol. The average Bonchev–Trinajstić information content (AvgIpc) is 3.70. The van der Waals surface area contributed by atoms with Crippen molar-refractivity contribution in [1.29, 1.82) is 5.26 Å². The largest absolute Gasteiger partial charge is 0.351 e. The molecule has 2 amide bonds. The lowest BCUT2D eigenvalue weighted by atomic mass is 9.92. The molecular weight excluding hydrogens is 414 g/mol. The van der Waals surface area contributed by atoms with Gasteiger partial charge >= 0.3 is 0 Å². The van der Waals surface area contributed by atoms with E-state index in [-0.39, 0.29) is 17.9 Å². The summed E-state index contributed by atoms with van der Waals surface area (Å²) in [5, 5.41) is 10.2. The number of carbonyl (C=O) groups excluding carboxylic acids is 2. The summed E-state index contributed by atoms with van der Waals surface area (Å²) in [5.41, 5.74) is 5.19. The molecule has 1 saturated heterocycles. The monoisotopic (exact) mass is 443 g/mol. The lowest BCUT2D eigenvalue weighted by Crippen LogP contribution is -2.56. The van der Waals surface area contributed by atoms with Crippen LogP contribution in [0.15, 0.2) is 24.3 Å². The van der Waals surface area contributed by atoms with E-state index in [9.17, 15) is 14.9 Å². The zero-order valence-electron chi connectivity index (χ0n) is 18.9. The van der Waals surface area contributed by atoms with Crippen molar-refractivity contribution in [1.82, 2.24) is 14.8 Å². The van der Waals surface area contributed by atoms with Crippen LogP contribution in [0.2, 0.25) is 0 Å². The lowest BCUT2D eigenvalue weighted by Gasteiger charge is -2.42. The zero-order chi connectivity index (χ0) is 22.7. The van der Waals surface area contributed by atoms with E-state index < -0.39 is 0 Å². The Bertz CT molecular complexity index is 1120. The number of aromatic nitrogens is 1. The van der Waals surface area contributed by atoms with Crippen molar-refractivity contribution in [2.75, 3.05) is 31.1 Å². The molecule has 3 heterocycles. The molecule has 0 unspecified atom stereocenters. The topological polar surface area (TPSA) is 80.5 Å². The van der Waals surface area contributed by atoms with Gasteiger partial charge in [-0.15, -0.1) is 0 Å². The number of nitriles is 1. The molecule has 3 aliphatic carbocycles. The van der Waals surface area contributed by atoms with Crippen LogP contribution in [0, 0.1) is 17.2 Å². The summed E-state index contributed by atoms with van der Waals surface area (Å²) in [6, 6.07) is 2.53. The molecule has 170 valence electrons. The maximum absolute atomic E-state index is 12.9. The van der Waals surface area contributed by atoms with E-state index in [0.717, 1.165) is 55.6 Å². The van der Waals surface area contributed by atoms with Gasteiger partial charge in [-0.1, -0.05) is 12.7 Å². The number of amides is 2. The Morgan fingerprint density at radius 2 is 1.94 bits per heavy atom. The molecule has 7 nitrogen and oxygen atoms in total. The van der Waals surface area contributed by atoms with E-state index in [1.807, 2.05) is 0 Å². The van der Waals surface area contributed by atoms with Gasteiger partial charge in [-0.2, -0.15) is 5.26 Å². The zero-order valence-corrected chi connectivity index (χ0v) is 18.9. The predicted molar refractivity (Wildman–Crippen MR) is 123 cm³/mol. The van der Waals surface area contributed by atoms with E-state index in [1.54, 1.807) is 4.90 Å². The molecule has 33 heavy (non-hydrogen) atoms. The molecule has 5 aliphatic rings. The first-order valence-corrected chi connectivity index (χ1v) is 12.2. The molecule has 0 spiro atoms. The highest BCUT2D eigenvalue weighted by atomic mass is 16.2. The number of anilines is 1. The van der Waals surface area contributed by atoms with Crippen LogP contribution in [0.4, 0.5) is 5.82 Å². The molecule has 7 heteroatoms. The minimum absolute atomic E-state index is 0.0828. The van der Waals surface area contributed by atoms with Crippen molar-refractivity contribution in [3.8, 4) is 6.07 Å². The second kappa shape index (κ2) is 7.72. The van der Waals surface area contributed by atoms with Crippen molar-refractivity contribution in [3.05, 3.63) is 46.7 Å². The van der Waals surface area contributed by atoms with Crippen LogP contribution in [-0.4, -0.2) is 58.8 Å². The molecule has 3 fully saturated rings. The Balaban J connectivity index is 1.36. The molecule has 0 bridgehead atoms. The van der Waals surface area contributed by atoms with Crippen LogP contribution >= 0.6 is 0 Å². The minimum Gasteiger partial charge on any atom is -0.351 e. The highest BCUT2D eigenvalue weighted by Gasteiger charge is 2.42. The molecule has 2 aliphatic heterocycles. The lowest BCUT2D eigenvalue weighted by molar-refractivity contribution is -0.134. The van der Waals surface area contributed by atoms with Crippen molar-refractivity contribution in [3.63, 3.8) is 0 Å². The molecule has 2 saturated carbocycles. The van der Waals surface area contributed by atoms with E-state index in [1.165, 1.54) is 17.2 Å². The van der Waals surface area contributed by atoms with Gasteiger partial charge in [0.05, 0.1) is 11.6 Å². The van der Waals surface area contributed by atoms with Gasteiger partial charge in [-0.3, -0.25) is 9.59 Å². The number of nitrogens with zero attached hydrogens (tertiary/aromatic N) is 5. The summed E-state index contributed by atoms with van der Waals surface area (Å²) in [7, 11) is 0. The van der Waals surface area contributed by atoms with Gasteiger partial charge in [0.15, 0.2) is 0 Å². The van der Waals surface area contributed by atoms with Gasteiger partial charge in [-0.25, -0.2) is 4.98 Å². The maximum atomic E-state index is 12.9. The number of carbonyl (C=O) groups is 2. The van der Waals surface area contributed by atoms with Gasteiger partial charge in [0.25, 0.3) is 0 Å². The van der Waals surface area contributed by atoms with Crippen molar-refractivity contribution in [2.45, 2.75) is 57.0 Å². The third kappa shape index (κ3) is 3.62. The normalized spacial score (nSPS) is 24.0. The number of piperazine rings is 1. The highest BCUT2D eigenvalue weighted by molar-refractivity contribution is 5.87. The Morgan fingerprint density at radius 3 is 2.58 bits per heavy atom. The van der Waals surface area contributed by atoms with E-state index in [2.05, 4.69) is 28.5 Å². The predicted octanol–water partition coefficient (Wildman–Crippen LogP) is 2.66. The number of allylic oxidation sites excluding steroid dienone is 1.